The smallest absolute Gasteiger partial charge is 0.0431 e. The van der Waals surface area contributed by atoms with Crippen LogP contribution in [0.3, 0.4) is 0 Å². The van der Waals surface area contributed by atoms with Crippen molar-refractivity contribution in [1.82, 2.24) is 0 Å². The fraction of sp³-hybridized carbons (Fsp3) is 1.00. The lowest BCUT2D eigenvalue weighted by Gasteiger charge is -2.15. The van der Waals surface area contributed by atoms with Gasteiger partial charge < -0.3 is 5.11 Å². The summed E-state index contributed by atoms with van der Waals surface area (Å²) in [6.07, 6.45) is 13.2. The molecular weight excluding hydrogens is 184 g/mol. The van der Waals surface area contributed by atoms with Gasteiger partial charge in [0.2, 0.25) is 0 Å². The van der Waals surface area contributed by atoms with Crippen molar-refractivity contribution in [2.24, 2.45) is 5.92 Å². The van der Waals surface area contributed by atoms with Gasteiger partial charge in [-0.15, -0.1) is 0 Å². The van der Waals surface area contributed by atoms with Gasteiger partial charge in [0.25, 0.3) is 0 Å². The second-order valence-corrected chi connectivity index (χ2v) is 4.72. The van der Waals surface area contributed by atoms with E-state index >= 15 is 0 Å². The number of aliphatic hydroxyl groups excluding tert-OH is 1. The Morgan fingerprint density at radius 3 is 2.00 bits per heavy atom. The molecule has 0 aliphatic carbocycles. The van der Waals surface area contributed by atoms with Gasteiger partial charge in [0.15, 0.2) is 0 Å². The minimum Gasteiger partial charge on any atom is -0.396 e. The van der Waals surface area contributed by atoms with E-state index in [1.54, 1.807) is 0 Å². The summed E-state index contributed by atoms with van der Waals surface area (Å²) < 4.78 is 0. The maximum atomic E-state index is 8.82. The predicted molar refractivity (Wildman–Crippen MR) is 68.1 cm³/mol. The average molecular weight is 214 g/mol. The van der Waals surface area contributed by atoms with Crippen LogP contribution < -0.4 is 0 Å². The Kier molecular flexibility index (Phi) is 12.0. The summed E-state index contributed by atoms with van der Waals surface area (Å²) in [7, 11) is 0. The zero-order chi connectivity index (χ0) is 11.4. The first-order valence-corrected chi connectivity index (χ1v) is 6.96. The van der Waals surface area contributed by atoms with Crippen molar-refractivity contribution in [3.05, 3.63) is 0 Å². The van der Waals surface area contributed by atoms with Gasteiger partial charge in [-0.3, -0.25) is 0 Å². The van der Waals surface area contributed by atoms with E-state index in [1.807, 2.05) is 0 Å². The summed E-state index contributed by atoms with van der Waals surface area (Å²) in [6.45, 7) is 4.90. The molecule has 1 N–H and O–H groups in total. The largest absolute Gasteiger partial charge is 0.396 e. The van der Waals surface area contributed by atoms with Crippen LogP contribution in [-0.2, 0) is 0 Å². The molecule has 0 spiro atoms. The molecule has 0 heterocycles. The summed E-state index contributed by atoms with van der Waals surface area (Å²) in [5, 5.41) is 8.82. The Labute approximate surface area is 96.3 Å². The van der Waals surface area contributed by atoms with Crippen molar-refractivity contribution in [1.29, 1.82) is 0 Å². The van der Waals surface area contributed by atoms with Crippen LogP contribution in [0.1, 0.15) is 78.1 Å². The molecule has 0 aromatic heterocycles. The topological polar surface area (TPSA) is 20.2 Å². The van der Waals surface area contributed by atoms with Crippen molar-refractivity contribution in [2.75, 3.05) is 6.61 Å². The molecule has 1 nitrogen and oxygen atoms in total. The van der Waals surface area contributed by atoms with Crippen molar-refractivity contribution in [3.63, 3.8) is 0 Å². The van der Waals surface area contributed by atoms with Gasteiger partial charge in [0, 0.05) is 6.61 Å². The van der Waals surface area contributed by atoms with E-state index in [1.165, 1.54) is 57.8 Å². The van der Waals surface area contributed by atoms with E-state index in [4.69, 9.17) is 5.11 Å². The third kappa shape index (κ3) is 10.2. The van der Waals surface area contributed by atoms with Crippen LogP contribution in [0.2, 0.25) is 0 Å². The SMILES string of the molecule is CCCCCCC[C@@H](CCC)CCCO. The molecule has 0 fully saturated rings. The van der Waals surface area contributed by atoms with Gasteiger partial charge in [-0.1, -0.05) is 65.2 Å². The zero-order valence-electron chi connectivity index (χ0n) is 10.8. The second kappa shape index (κ2) is 12.0. The Balaban J connectivity index is 3.38. The Bertz CT molecular complexity index is 112. The Morgan fingerprint density at radius 1 is 0.733 bits per heavy atom. The summed E-state index contributed by atoms with van der Waals surface area (Å²) >= 11 is 0. The summed E-state index contributed by atoms with van der Waals surface area (Å²) in [5.41, 5.74) is 0. The predicted octanol–water partition coefficient (Wildman–Crippen LogP) is 4.54. The number of hydrogen-bond donors (Lipinski definition) is 1. The van der Waals surface area contributed by atoms with Gasteiger partial charge in [0.1, 0.15) is 0 Å². The molecular formula is C14H30O. The van der Waals surface area contributed by atoms with E-state index in [-0.39, 0.29) is 0 Å². The van der Waals surface area contributed by atoms with Crippen LogP contribution >= 0.6 is 0 Å². The highest BCUT2D eigenvalue weighted by Gasteiger charge is 2.06. The highest BCUT2D eigenvalue weighted by Crippen LogP contribution is 2.21. The van der Waals surface area contributed by atoms with Crippen molar-refractivity contribution in [3.8, 4) is 0 Å². The summed E-state index contributed by atoms with van der Waals surface area (Å²) in [6, 6.07) is 0. The third-order valence-electron chi connectivity index (χ3n) is 3.18. The second-order valence-electron chi connectivity index (χ2n) is 4.72. The average Bonchev–Trinajstić information content (AvgIpc) is 2.25. The first kappa shape index (κ1) is 15.0. The number of rotatable bonds is 11. The van der Waals surface area contributed by atoms with E-state index < -0.39 is 0 Å². The molecule has 0 unspecified atom stereocenters. The Hall–Kier alpha value is -0.0400. The monoisotopic (exact) mass is 214 g/mol. The van der Waals surface area contributed by atoms with Gasteiger partial charge >= 0.3 is 0 Å². The highest BCUT2D eigenvalue weighted by molar-refractivity contribution is 4.59. The first-order valence-electron chi connectivity index (χ1n) is 6.96. The third-order valence-corrected chi connectivity index (χ3v) is 3.18. The van der Waals surface area contributed by atoms with E-state index in [2.05, 4.69) is 13.8 Å². The lowest BCUT2D eigenvalue weighted by Crippen LogP contribution is -2.01. The Morgan fingerprint density at radius 2 is 1.40 bits per heavy atom. The number of hydrogen-bond acceptors (Lipinski definition) is 1. The fourth-order valence-electron chi connectivity index (χ4n) is 2.26. The summed E-state index contributed by atoms with van der Waals surface area (Å²) in [5.74, 6) is 0.878. The number of unbranched alkanes of at least 4 members (excludes halogenated alkanes) is 4. The van der Waals surface area contributed by atoms with Crippen LogP contribution in [0, 0.1) is 5.92 Å². The van der Waals surface area contributed by atoms with Gasteiger partial charge in [-0.25, -0.2) is 0 Å². The van der Waals surface area contributed by atoms with Crippen molar-refractivity contribution < 1.29 is 5.11 Å². The maximum absolute atomic E-state index is 8.82. The maximum Gasteiger partial charge on any atom is 0.0431 e. The fourth-order valence-corrected chi connectivity index (χ4v) is 2.26. The van der Waals surface area contributed by atoms with Crippen LogP contribution in [0.4, 0.5) is 0 Å². The van der Waals surface area contributed by atoms with E-state index in [0.29, 0.717) is 6.61 Å². The molecule has 15 heavy (non-hydrogen) atoms. The van der Waals surface area contributed by atoms with E-state index in [9.17, 15) is 0 Å². The highest BCUT2D eigenvalue weighted by atomic mass is 16.2. The molecule has 0 saturated heterocycles. The molecule has 0 aliphatic rings. The molecule has 0 aromatic carbocycles. The molecule has 92 valence electrons. The van der Waals surface area contributed by atoms with Gasteiger partial charge in [-0.05, 0) is 18.8 Å². The summed E-state index contributed by atoms with van der Waals surface area (Å²) in [4.78, 5) is 0. The lowest BCUT2D eigenvalue weighted by atomic mass is 9.92. The first-order chi connectivity index (χ1) is 7.35. The van der Waals surface area contributed by atoms with Crippen LogP contribution in [0.25, 0.3) is 0 Å². The molecule has 0 saturated carbocycles. The molecule has 0 rings (SSSR count). The van der Waals surface area contributed by atoms with Gasteiger partial charge in [0.05, 0.1) is 0 Å². The molecule has 0 aliphatic heterocycles. The lowest BCUT2D eigenvalue weighted by molar-refractivity contribution is 0.263. The quantitative estimate of drug-likeness (QED) is 0.501. The van der Waals surface area contributed by atoms with Crippen LogP contribution in [0.15, 0.2) is 0 Å². The van der Waals surface area contributed by atoms with Crippen molar-refractivity contribution in [2.45, 2.75) is 78.1 Å². The van der Waals surface area contributed by atoms with Crippen LogP contribution in [-0.4, -0.2) is 11.7 Å². The molecule has 0 radical (unpaired) electrons. The molecule has 0 bridgehead atoms. The minimum atomic E-state index is 0.371. The number of aliphatic hydroxyl groups is 1. The molecule has 0 amide bonds. The minimum absolute atomic E-state index is 0.371. The van der Waals surface area contributed by atoms with E-state index in [0.717, 1.165) is 12.3 Å². The van der Waals surface area contributed by atoms with Crippen LogP contribution in [0.5, 0.6) is 0 Å². The van der Waals surface area contributed by atoms with Crippen molar-refractivity contribution >= 4 is 0 Å². The molecule has 1 heteroatoms. The zero-order valence-corrected chi connectivity index (χ0v) is 10.8. The molecule has 1 atom stereocenters. The normalized spacial score (nSPS) is 13.0. The van der Waals surface area contributed by atoms with Gasteiger partial charge in [-0.2, -0.15) is 0 Å². The standard InChI is InChI=1S/C14H30O/c1-3-5-6-7-8-11-14(10-4-2)12-9-13-15/h14-15H,3-13H2,1-2H3/t14-/m1/s1. The molecule has 0 aromatic rings.